The number of carbonyl (C=O) groups is 1. The van der Waals surface area contributed by atoms with E-state index in [0.717, 1.165) is 9.13 Å². The van der Waals surface area contributed by atoms with Gasteiger partial charge in [0.05, 0.1) is 16.0 Å². The van der Waals surface area contributed by atoms with E-state index in [9.17, 15) is 4.79 Å². The summed E-state index contributed by atoms with van der Waals surface area (Å²) in [4.78, 5) is 14.0. The lowest BCUT2D eigenvalue weighted by Crippen LogP contribution is -2.28. The Morgan fingerprint density at radius 1 is 1.39 bits per heavy atom. The van der Waals surface area contributed by atoms with Crippen LogP contribution in [-0.4, -0.2) is 37.4 Å². The van der Waals surface area contributed by atoms with Crippen molar-refractivity contribution in [3.8, 4) is 0 Å². The van der Waals surface area contributed by atoms with Gasteiger partial charge in [0.1, 0.15) is 5.69 Å². The Morgan fingerprint density at radius 2 is 2.11 bits per heavy atom. The Balaban J connectivity index is 2.14. The predicted molar refractivity (Wildman–Crippen MR) is 74.9 cm³/mol. The number of hydrogen-bond acceptors (Lipinski definition) is 3. The molecular weight excluding hydrogens is 345 g/mol. The molecule has 0 N–H and O–H groups in total. The zero-order valence-electron chi connectivity index (χ0n) is 10.5. The molecule has 2 rings (SSSR count). The quantitative estimate of drug-likeness (QED) is 0.770. The molecule has 2 aromatic rings. The van der Waals surface area contributed by atoms with E-state index in [0.29, 0.717) is 12.2 Å². The number of amides is 1. The second-order valence-electron chi connectivity index (χ2n) is 4.15. The van der Waals surface area contributed by atoms with Crippen LogP contribution in [0.15, 0.2) is 18.6 Å². The Kier molecular flexibility index (Phi) is 3.69. The molecule has 0 bridgehead atoms. The third-order valence-corrected chi connectivity index (χ3v) is 3.41. The highest BCUT2D eigenvalue weighted by atomic mass is 127. The van der Waals surface area contributed by atoms with E-state index < -0.39 is 0 Å². The molecule has 0 fully saturated rings. The number of rotatable bonds is 3. The van der Waals surface area contributed by atoms with Crippen molar-refractivity contribution in [3.05, 3.63) is 33.4 Å². The molecular formula is C11H14IN5O. The second kappa shape index (κ2) is 5.09. The van der Waals surface area contributed by atoms with Crippen LogP contribution in [0.25, 0.3) is 0 Å². The lowest BCUT2D eigenvalue weighted by molar-refractivity contribution is 0.0773. The molecule has 0 saturated carbocycles. The van der Waals surface area contributed by atoms with Crippen LogP contribution >= 0.6 is 22.6 Å². The van der Waals surface area contributed by atoms with Gasteiger partial charge in [-0.1, -0.05) is 0 Å². The molecule has 7 heteroatoms. The summed E-state index contributed by atoms with van der Waals surface area (Å²) in [5.74, 6) is -0.0387. The summed E-state index contributed by atoms with van der Waals surface area (Å²) < 4.78 is 4.18. The van der Waals surface area contributed by atoms with Gasteiger partial charge < -0.3 is 4.90 Å². The van der Waals surface area contributed by atoms with Crippen LogP contribution in [0, 0.1) is 3.57 Å². The molecule has 0 atom stereocenters. The summed E-state index contributed by atoms with van der Waals surface area (Å²) in [5.41, 5.74) is 1.62. The van der Waals surface area contributed by atoms with Crippen molar-refractivity contribution in [2.24, 2.45) is 14.1 Å². The summed E-state index contributed by atoms with van der Waals surface area (Å²) >= 11 is 2.12. The Morgan fingerprint density at radius 3 is 2.61 bits per heavy atom. The topological polar surface area (TPSA) is 56.0 Å². The van der Waals surface area contributed by atoms with E-state index >= 15 is 0 Å². The van der Waals surface area contributed by atoms with Crippen LogP contribution in [0.1, 0.15) is 16.1 Å². The predicted octanol–water partition coefficient (Wildman–Crippen LogP) is 1.03. The normalized spacial score (nSPS) is 10.7. The molecule has 6 nitrogen and oxygen atoms in total. The van der Waals surface area contributed by atoms with Crippen LogP contribution in [0.3, 0.4) is 0 Å². The number of hydrogen-bond donors (Lipinski definition) is 0. The van der Waals surface area contributed by atoms with Gasteiger partial charge in [-0.3, -0.25) is 14.2 Å². The molecule has 18 heavy (non-hydrogen) atoms. The summed E-state index contributed by atoms with van der Waals surface area (Å²) in [6.07, 6.45) is 5.35. The third kappa shape index (κ3) is 2.55. The summed E-state index contributed by atoms with van der Waals surface area (Å²) in [7, 11) is 5.40. The second-order valence-corrected chi connectivity index (χ2v) is 5.31. The number of aromatic nitrogens is 4. The highest BCUT2D eigenvalue weighted by molar-refractivity contribution is 14.1. The van der Waals surface area contributed by atoms with Gasteiger partial charge >= 0.3 is 0 Å². The third-order valence-electron chi connectivity index (χ3n) is 2.62. The molecule has 0 radical (unpaired) electrons. The Hall–Kier alpha value is -1.38. The molecule has 2 aromatic heterocycles. The van der Waals surface area contributed by atoms with Crippen LogP contribution in [0.4, 0.5) is 0 Å². The number of halogens is 1. The molecule has 2 heterocycles. The molecule has 0 saturated heterocycles. The summed E-state index contributed by atoms with van der Waals surface area (Å²) in [6, 6.07) is 0. The SMILES string of the molecule is CN(Cc1cnn(C)c1)C(=O)c1c(I)cnn1C. The molecule has 96 valence electrons. The fourth-order valence-electron chi connectivity index (χ4n) is 1.73. The van der Waals surface area contributed by atoms with Crippen molar-refractivity contribution in [3.63, 3.8) is 0 Å². The van der Waals surface area contributed by atoms with Crippen LogP contribution < -0.4 is 0 Å². The van der Waals surface area contributed by atoms with Gasteiger partial charge in [0.15, 0.2) is 0 Å². The lowest BCUT2D eigenvalue weighted by Gasteiger charge is -2.16. The minimum atomic E-state index is -0.0387. The van der Waals surface area contributed by atoms with Crippen molar-refractivity contribution in [2.45, 2.75) is 6.54 Å². The maximum Gasteiger partial charge on any atom is 0.273 e. The molecule has 0 aromatic carbocycles. The van der Waals surface area contributed by atoms with Crippen molar-refractivity contribution in [1.29, 1.82) is 0 Å². The monoisotopic (exact) mass is 359 g/mol. The van der Waals surface area contributed by atoms with Gasteiger partial charge in [-0.05, 0) is 22.6 Å². The van der Waals surface area contributed by atoms with Gasteiger partial charge in [0, 0.05) is 39.4 Å². The highest BCUT2D eigenvalue weighted by Crippen LogP contribution is 2.13. The molecule has 0 aliphatic heterocycles. The van der Waals surface area contributed by atoms with Crippen LogP contribution in [-0.2, 0) is 20.6 Å². The summed E-state index contributed by atoms with van der Waals surface area (Å²) in [5, 5.41) is 8.16. The largest absolute Gasteiger partial charge is 0.336 e. The fraction of sp³-hybridized carbons (Fsp3) is 0.364. The summed E-state index contributed by atoms with van der Waals surface area (Å²) in [6.45, 7) is 0.536. The van der Waals surface area contributed by atoms with Gasteiger partial charge in [-0.15, -0.1) is 0 Å². The Bertz CT molecular complexity index is 554. The zero-order valence-corrected chi connectivity index (χ0v) is 12.6. The fourth-order valence-corrected chi connectivity index (χ4v) is 2.44. The molecule has 0 aliphatic rings. The first-order chi connectivity index (χ1) is 8.49. The Labute approximate surface area is 119 Å². The molecule has 0 spiro atoms. The minimum Gasteiger partial charge on any atom is -0.336 e. The van der Waals surface area contributed by atoms with Gasteiger partial charge in [-0.2, -0.15) is 10.2 Å². The van der Waals surface area contributed by atoms with E-state index in [-0.39, 0.29) is 5.91 Å². The standard InChI is InChI=1S/C11H14IN5O/c1-15(6-8-4-13-16(2)7-8)11(18)10-9(12)5-14-17(10)3/h4-5,7H,6H2,1-3H3. The first-order valence-electron chi connectivity index (χ1n) is 5.39. The van der Waals surface area contributed by atoms with E-state index in [1.165, 1.54) is 0 Å². The van der Waals surface area contributed by atoms with E-state index in [4.69, 9.17) is 0 Å². The van der Waals surface area contributed by atoms with E-state index in [1.807, 2.05) is 13.2 Å². The first kappa shape index (κ1) is 13.1. The van der Waals surface area contributed by atoms with Crippen molar-refractivity contribution in [1.82, 2.24) is 24.5 Å². The highest BCUT2D eigenvalue weighted by Gasteiger charge is 2.19. The number of carbonyl (C=O) groups excluding carboxylic acids is 1. The average Bonchev–Trinajstić information content (AvgIpc) is 2.85. The van der Waals surface area contributed by atoms with Crippen molar-refractivity contribution < 1.29 is 4.79 Å². The average molecular weight is 359 g/mol. The zero-order chi connectivity index (χ0) is 13.3. The number of aryl methyl sites for hydroxylation is 2. The maximum atomic E-state index is 12.3. The van der Waals surface area contributed by atoms with Crippen molar-refractivity contribution >= 4 is 28.5 Å². The number of nitrogens with zero attached hydrogens (tertiary/aromatic N) is 5. The van der Waals surface area contributed by atoms with Gasteiger partial charge in [0.2, 0.25) is 0 Å². The minimum absolute atomic E-state index is 0.0387. The lowest BCUT2D eigenvalue weighted by atomic mass is 10.3. The van der Waals surface area contributed by atoms with Gasteiger partial charge in [0.25, 0.3) is 5.91 Å². The van der Waals surface area contributed by atoms with Crippen LogP contribution in [0.5, 0.6) is 0 Å². The molecule has 1 amide bonds. The van der Waals surface area contributed by atoms with Gasteiger partial charge in [-0.25, -0.2) is 0 Å². The molecule has 0 unspecified atom stereocenters. The van der Waals surface area contributed by atoms with E-state index in [2.05, 4.69) is 32.8 Å². The smallest absolute Gasteiger partial charge is 0.273 e. The van der Waals surface area contributed by atoms with Crippen LogP contribution in [0.2, 0.25) is 0 Å². The molecule has 0 aliphatic carbocycles. The van der Waals surface area contributed by atoms with E-state index in [1.54, 1.807) is 40.8 Å². The first-order valence-corrected chi connectivity index (χ1v) is 6.47. The van der Waals surface area contributed by atoms with Crippen molar-refractivity contribution in [2.75, 3.05) is 7.05 Å². The maximum absolute atomic E-state index is 12.3.